The number of hydrogen-bond donors (Lipinski definition) is 3. The van der Waals surface area contributed by atoms with Crippen molar-refractivity contribution in [3.05, 3.63) is 63.8 Å². The molecule has 2 aliphatic heterocycles. The highest BCUT2D eigenvalue weighted by molar-refractivity contribution is 5.85. The quantitative estimate of drug-likeness (QED) is 0.555. The number of piperidine rings is 1. The third kappa shape index (κ3) is 3.72. The Morgan fingerprint density at radius 2 is 1.81 bits per heavy atom. The van der Waals surface area contributed by atoms with E-state index in [0.717, 1.165) is 59.4 Å². The van der Waals surface area contributed by atoms with Gasteiger partial charge in [-0.1, -0.05) is 12.1 Å². The lowest BCUT2D eigenvalue weighted by Crippen LogP contribution is -2.51. The van der Waals surface area contributed by atoms with Crippen LogP contribution in [0.15, 0.2) is 30.3 Å². The summed E-state index contributed by atoms with van der Waals surface area (Å²) in [4.78, 5) is 5.76. The van der Waals surface area contributed by atoms with Gasteiger partial charge in [-0.2, -0.15) is 0 Å². The van der Waals surface area contributed by atoms with E-state index in [9.17, 15) is 10.2 Å². The van der Waals surface area contributed by atoms with Crippen LogP contribution in [0.3, 0.4) is 0 Å². The van der Waals surface area contributed by atoms with Gasteiger partial charge >= 0.3 is 0 Å². The smallest absolute Gasteiger partial charge is 0.126 e. The number of aryl methyl sites for hydroxylation is 4. The predicted molar refractivity (Wildman–Crippen MR) is 127 cm³/mol. The van der Waals surface area contributed by atoms with E-state index in [4.69, 9.17) is 4.74 Å². The summed E-state index contributed by atoms with van der Waals surface area (Å²) in [6.07, 6.45) is 1.33. The molecule has 0 aliphatic carbocycles. The molecule has 2 aromatic carbocycles. The molecule has 3 aromatic rings. The molecule has 1 fully saturated rings. The van der Waals surface area contributed by atoms with Gasteiger partial charge in [0.15, 0.2) is 0 Å². The fourth-order valence-electron chi connectivity index (χ4n) is 5.58. The number of aromatic amines is 1. The molecule has 1 saturated heterocycles. The number of nitrogens with one attached hydrogen (secondary N) is 1. The average molecular weight is 435 g/mol. The summed E-state index contributed by atoms with van der Waals surface area (Å²) in [6, 6.07) is 10.5. The van der Waals surface area contributed by atoms with Crippen molar-refractivity contribution >= 4 is 10.9 Å². The van der Waals surface area contributed by atoms with E-state index >= 15 is 0 Å². The second-order valence-electron chi connectivity index (χ2n) is 10.0. The summed E-state index contributed by atoms with van der Waals surface area (Å²) in [5.74, 6) is 0.838. The zero-order chi connectivity index (χ0) is 22.6. The van der Waals surface area contributed by atoms with Gasteiger partial charge in [-0.15, -0.1) is 0 Å². The van der Waals surface area contributed by atoms with Crippen LogP contribution in [-0.2, 0) is 0 Å². The van der Waals surface area contributed by atoms with Gasteiger partial charge in [0, 0.05) is 53.8 Å². The SMILES string of the molecule is Cc1ccc2c([C@H](O)CN3CCC4(CC3)C[C@H](O)c3cc(C)c(C)cc3O4)c(C)[nH]c2c1. The maximum atomic E-state index is 11.1. The van der Waals surface area contributed by atoms with Gasteiger partial charge in [0.1, 0.15) is 11.4 Å². The molecule has 0 unspecified atom stereocenters. The van der Waals surface area contributed by atoms with Gasteiger partial charge in [0.2, 0.25) is 0 Å². The Kier molecular flexibility index (Phi) is 5.31. The molecule has 3 heterocycles. The van der Waals surface area contributed by atoms with Crippen LogP contribution in [-0.4, -0.2) is 45.3 Å². The average Bonchev–Trinajstić information content (AvgIpc) is 3.06. The van der Waals surface area contributed by atoms with Crippen LogP contribution in [0.25, 0.3) is 10.9 Å². The van der Waals surface area contributed by atoms with Crippen LogP contribution in [0.2, 0.25) is 0 Å². The lowest BCUT2D eigenvalue weighted by molar-refractivity contribution is -0.0588. The number of nitrogens with zero attached hydrogens (tertiary/aromatic N) is 1. The zero-order valence-corrected chi connectivity index (χ0v) is 19.5. The maximum absolute atomic E-state index is 11.1. The highest BCUT2D eigenvalue weighted by Gasteiger charge is 2.43. The lowest BCUT2D eigenvalue weighted by Gasteiger charge is -2.46. The highest BCUT2D eigenvalue weighted by atomic mass is 16.5. The summed E-state index contributed by atoms with van der Waals surface area (Å²) in [7, 11) is 0. The van der Waals surface area contributed by atoms with E-state index in [2.05, 4.69) is 61.0 Å². The molecule has 0 saturated carbocycles. The molecule has 0 radical (unpaired) electrons. The number of likely N-dealkylation sites (tertiary alicyclic amines) is 1. The molecule has 1 spiro atoms. The third-order valence-electron chi connectivity index (χ3n) is 7.60. The van der Waals surface area contributed by atoms with Gasteiger partial charge in [-0.3, -0.25) is 0 Å². The van der Waals surface area contributed by atoms with E-state index in [0.29, 0.717) is 13.0 Å². The summed E-state index contributed by atoms with van der Waals surface area (Å²) in [6.45, 7) is 10.6. The van der Waals surface area contributed by atoms with E-state index in [1.54, 1.807) is 0 Å². The Morgan fingerprint density at radius 1 is 1.09 bits per heavy atom. The molecule has 32 heavy (non-hydrogen) atoms. The molecular formula is C27H34N2O3. The number of aromatic nitrogens is 1. The lowest BCUT2D eigenvalue weighted by atomic mass is 9.81. The summed E-state index contributed by atoms with van der Waals surface area (Å²) < 4.78 is 6.53. The van der Waals surface area contributed by atoms with E-state index in [-0.39, 0.29) is 5.60 Å². The van der Waals surface area contributed by atoms with Crippen molar-refractivity contribution in [1.29, 1.82) is 0 Å². The number of benzene rings is 2. The fraction of sp³-hybridized carbons (Fsp3) is 0.481. The van der Waals surface area contributed by atoms with Crippen molar-refractivity contribution in [1.82, 2.24) is 9.88 Å². The zero-order valence-electron chi connectivity index (χ0n) is 19.5. The van der Waals surface area contributed by atoms with Crippen molar-refractivity contribution in [2.75, 3.05) is 19.6 Å². The number of rotatable bonds is 3. The second-order valence-corrected chi connectivity index (χ2v) is 10.0. The van der Waals surface area contributed by atoms with Crippen molar-refractivity contribution < 1.29 is 14.9 Å². The van der Waals surface area contributed by atoms with Gasteiger partial charge in [0.25, 0.3) is 0 Å². The number of ether oxygens (including phenoxy) is 1. The van der Waals surface area contributed by atoms with Gasteiger partial charge < -0.3 is 24.8 Å². The molecule has 5 nitrogen and oxygen atoms in total. The molecule has 2 atom stereocenters. The fourth-order valence-corrected chi connectivity index (χ4v) is 5.58. The van der Waals surface area contributed by atoms with Crippen molar-refractivity contribution in [2.24, 2.45) is 0 Å². The molecule has 1 aromatic heterocycles. The minimum Gasteiger partial charge on any atom is -0.487 e. The van der Waals surface area contributed by atoms with Gasteiger partial charge in [-0.05, 0) is 75.4 Å². The molecule has 3 N–H and O–H groups in total. The number of fused-ring (bicyclic) bond motifs is 2. The van der Waals surface area contributed by atoms with Crippen LogP contribution >= 0.6 is 0 Å². The largest absolute Gasteiger partial charge is 0.487 e. The number of H-pyrrole nitrogens is 1. The summed E-state index contributed by atoms with van der Waals surface area (Å²) in [5.41, 5.74) is 7.32. The van der Waals surface area contributed by atoms with Crippen LogP contribution < -0.4 is 4.74 Å². The van der Waals surface area contributed by atoms with Gasteiger partial charge in [0.05, 0.1) is 12.2 Å². The Bertz CT molecular complexity index is 1160. The van der Waals surface area contributed by atoms with Crippen molar-refractivity contribution in [2.45, 2.75) is 64.8 Å². The van der Waals surface area contributed by atoms with Gasteiger partial charge in [-0.25, -0.2) is 0 Å². The van der Waals surface area contributed by atoms with Crippen LogP contribution in [0.4, 0.5) is 0 Å². The molecule has 0 amide bonds. The van der Waals surface area contributed by atoms with Crippen LogP contribution in [0.5, 0.6) is 5.75 Å². The first-order valence-corrected chi connectivity index (χ1v) is 11.7. The molecule has 5 heteroatoms. The normalized spacial score (nSPS) is 21.5. The number of aliphatic hydroxyl groups is 2. The minimum atomic E-state index is -0.537. The van der Waals surface area contributed by atoms with Crippen molar-refractivity contribution in [3.8, 4) is 5.75 Å². The molecule has 170 valence electrons. The topological polar surface area (TPSA) is 68.7 Å². The van der Waals surface area contributed by atoms with E-state index in [1.165, 1.54) is 16.7 Å². The third-order valence-corrected chi connectivity index (χ3v) is 7.60. The Morgan fingerprint density at radius 3 is 2.56 bits per heavy atom. The monoisotopic (exact) mass is 434 g/mol. The maximum Gasteiger partial charge on any atom is 0.126 e. The summed E-state index contributed by atoms with van der Waals surface area (Å²) >= 11 is 0. The Hall–Kier alpha value is -2.34. The Balaban J connectivity index is 1.28. The predicted octanol–water partition coefficient (Wildman–Crippen LogP) is 4.79. The molecular weight excluding hydrogens is 400 g/mol. The van der Waals surface area contributed by atoms with E-state index < -0.39 is 12.2 Å². The van der Waals surface area contributed by atoms with Crippen molar-refractivity contribution in [3.63, 3.8) is 0 Å². The Labute approximate surface area is 190 Å². The molecule has 5 rings (SSSR count). The number of β-amino-alcohol motifs (C(OH)–C–C–N with tert-alkyl or cyclic N) is 1. The number of hydrogen-bond acceptors (Lipinski definition) is 4. The summed E-state index contributed by atoms with van der Waals surface area (Å²) in [5, 5.41) is 23.1. The first-order valence-electron chi connectivity index (χ1n) is 11.7. The molecule has 0 bridgehead atoms. The first-order chi connectivity index (χ1) is 15.2. The van der Waals surface area contributed by atoms with Crippen LogP contribution in [0.1, 0.15) is 65.0 Å². The first kappa shape index (κ1) is 21.5. The second kappa shape index (κ2) is 7.91. The standard InChI is InChI=1S/C27H34N2O3/c1-16-5-6-20-22(11-16)28-19(4)26(20)24(31)15-29-9-7-27(8-10-29)14-23(30)21-12-17(2)18(3)13-25(21)32-27/h5-6,11-13,23-24,28,30-31H,7-10,14-15H2,1-4H3/t23-,24+/m0/s1. The molecule has 2 aliphatic rings. The van der Waals surface area contributed by atoms with Crippen LogP contribution in [0, 0.1) is 27.7 Å². The highest BCUT2D eigenvalue weighted by Crippen LogP contribution is 2.45. The minimum absolute atomic E-state index is 0.316. The van der Waals surface area contributed by atoms with E-state index in [1.807, 2.05) is 6.92 Å². The number of aliphatic hydroxyl groups excluding tert-OH is 2.